The number of rotatable bonds is 0. The predicted molar refractivity (Wildman–Crippen MR) is 59.1 cm³/mol. The summed E-state index contributed by atoms with van der Waals surface area (Å²) in [6.45, 7) is 13.5. The minimum absolute atomic E-state index is 0.423. The quantitative estimate of drug-likeness (QED) is 0.372. The third-order valence-electron chi connectivity index (χ3n) is 0. The number of carbonyl (C=O) groups excluding carboxylic acids is 3. The van der Waals surface area contributed by atoms with E-state index in [4.69, 9.17) is 14.4 Å². The second-order valence-electron chi connectivity index (χ2n) is 0.143. The average molecular weight is 657 g/mol. The van der Waals surface area contributed by atoms with Gasteiger partial charge in [0.05, 0.1) is 0 Å². The molecule has 0 fully saturated rings. The zero-order valence-electron chi connectivity index (χ0n) is 4.19. The average Bonchev–Trinajstić information content (AvgIpc) is 1.98. The topological polar surface area (TPSA) is 51.2 Å². The predicted octanol–water partition coefficient (Wildman–Crippen LogP) is 1.46. The van der Waals surface area contributed by atoms with Crippen molar-refractivity contribution in [2.24, 2.45) is 0 Å². The third kappa shape index (κ3) is 226. The van der Waals surface area contributed by atoms with Gasteiger partial charge in [-0.1, -0.05) is 0 Å². The summed E-state index contributed by atoms with van der Waals surface area (Å²) in [4.78, 5) is 22.5. The molecule has 0 aliphatic rings. The van der Waals surface area contributed by atoms with Crippen molar-refractivity contribution in [1.29, 1.82) is 0 Å². The van der Waals surface area contributed by atoms with Crippen LogP contribution in [0.4, 0.5) is 0 Å². The monoisotopic (exact) mass is 658 g/mol. The molecule has 0 aliphatic carbocycles. The molecular weight excluding hydrogens is 657 g/mol. The van der Waals surface area contributed by atoms with E-state index < -0.39 is 5.75 Å². The second-order valence-corrected chi connectivity index (χ2v) is 52.6. The molecule has 0 bridgehead atoms. The van der Waals surface area contributed by atoms with Gasteiger partial charge in [0.15, 0.2) is 0 Å². The molecule has 0 saturated heterocycles. The molecular formula is C3I3IrO3. The van der Waals surface area contributed by atoms with Gasteiger partial charge in [-0.25, -0.2) is 0 Å². The van der Waals surface area contributed by atoms with E-state index in [1.165, 1.54) is 0 Å². The zero-order chi connectivity index (χ0) is 9.58. The van der Waals surface area contributed by atoms with E-state index in [0.29, 0.717) is 0 Å². The Morgan fingerprint density at radius 1 is 0.700 bits per heavy atom. The Balaban J connectivity index is -0.0000000262. The Morgan fingerprint density at radius 2 is 0.700 bits per heavy atom. The SMILES string of the molecule is [C]=O.[C]=O.[C]=O.[I][Ir]([I])[I]. The van der Waals surface area contributed by atoms with Crippen LogP contribution in [-0.2, 0) is 20.1 Å². The van der Waals surface area contributed by atoms with Gasteiger partial charge in [0.25, 0.3) is 20.4 Å². The molecule has 0 rings (SSSR count). The molecule has 0 aliphatic heterocycles. The molecule has 3 nitrogen and oxygen atoms in total. The number of halogens is 3. The van der Waals surface area contributed by atoms with Crippen LogP contribution >= 0.6 is 58.8 Å². The summed E-state index contributed by atoms with van der Waals surface area (Å²) in [5, 5.41) is 0. The summed E-state index contributed by atoms with van der Waals surface area (Å²) in [5.41, 5.74) is 0. The summed E-state index contributed by atoms with van der Waals surface area (Å²) in [7, 11) is 0. The normalized spacial score (nSPS) is 5.70. The minimum atomic E-state index is -0.423. The van der Waals surface area contributed by atoms with Gasteiger partial charge in [-0.2, -0.15) is 0 Å². The van der Waals surface area contributed by atoms with E-state index in [1.54, 1.807) is 0 Å². The van der Waals surface area contributed by atoms with Crippen molar-refractivity contribution < 1.29 is 20.1 Å². The first-order valence-electron chi connectivity index (χ1n) is 0.990. The van der Waals surface area contributed by atoms with Gasteiger partial charge in [0.2, 0.25) is 0 Å². The summed E-state index contributed by atoms with van der Waals surface area (Å²) >= 11 is 7.45. The van der Waals surface area contributed by atoms with Gasteiger partial charge in [0, 0.05) is 0 Å². The Labute approximate surface area is 97.4 Å². The molecule has 0 aromatic carbocycles. The van der Waals surface area contributed by atoms with Crippen molar-refractivity contribution in [2.75, 3.05) is 0 Å². The van der Waals surface area contributed by atoms with Crippen molar-refractivity contribution in [3.63, 3.8) is 0 Å². The summed E-state index contributed by atoms with van der Waals surface area (Å²) < 4.78 is 0. The first-order chi connectivity index (χ1) is 4.73. The van der Waals surface area contributed by atoms with E-state index >= 15 is 0 Å². The van der Waals surface area contributed by atoms with E-state index in [1.807, 2.05) is 0 Å². The van der Waals surface area contributed by atoms with Gasteiger partial charge < -0.3 is 0 Å². The molecule has 0 heterocycles. The fourth-order valence-corrected chi connectivity index (χ4v) is 0. The van der Waals surface area contributed by atoms with Gasteiger partial charge in [0.1, 0.15) is 0 Å². The van der Waals surface area contributed by atoms with Crippen LogP contribution in [-0.4, -0.2) is 20.4 Å². The van der Waals surface area contributed by atoms with Crippen LogP contribution < -0.4 is 0 Å². The molecule has 0 N–H and O–H groups in total. The van der Waals surface area contributed by atoms with E-state index in [9.17, 15) is 0 Å². The molecule has 0 aromatic rings. The van der Waals surface area contributed by atoms with Crippen molar-refractivity contribution in [3.8, 4) is 0 Å². The Kier molecular flexibility index (Phi) is 101. The van der Waals surface area contributed by atoms with Crippen LogP contribution in [0.25, 0.3) is 0 Å². The molecule has 60 valence electrons. The van der Waals surface area contributed by atoms with Crippen molar-refractivity contribution >= 4 is 79.1 Å². The fourth-order valence-electron chi connectivity index (χ4n) is 0. The van der Waals surface area contributed by atoms with Gasteiger partial charge in [-0.15, -0.1) is 0 Å². The molecule has 6 radical (unpaired) electrons. The maximum atomic E-state index is 7.50. The Hall–Kier alpha value is 1.85. The third-order valence-corrected chi connectivity index (χ3v) is 0. The van der Waals surface area contributed by atoms with Gasteiger partial charge in [-0.3, -0.25) is 14.4 Å². The first-order valence-corrected chi connectivity index (χ1v) is 21.4. The molecule has 0 atom stereocenters. The summed E-state index contributed by atoms with van der Waals surface area (Å²) in [5.74, 6) is -0.423. The number of hydrogen-bond acceptors (Lipinski definition) is 3. The summed E-state index contributed by atoms with van der Waals surface area (Å²) in [6.07, 6.45) is 0. The fraction of sp³-hybridized carbons (Fsp3) is 0. The molecule has 0 spiro atoms. The van der Waals surface area contributed by atoms with Crippen molar-refractivity contribution in [2.45, 2.75) is 0 Å². The van der Waals surface area contributed by atoms with Crippen LogP contribution in [0, 0.1) is 0 Å². The van der Waals surface area contributed by atoms with E-state index in [-0.39, 0.29) is 0 Å². The van der Waals surface area contributed by atoms with Crippen LogP contribution in [0.15, 0.2) is 0 Å². The van der Waals surface area contributed by atoms with Crippen molar-refractivity contribution in [1.82, 2.24) is 0 Å². The molecule has 7 heteroatoms. The standard InChI is InChI=1S/3CO.3HI.Ir/c3*1-2;;;;/h;;;3*1H;/q;;;;;;+3/p-3. The van der Waals surface area contributed by atoms with E-state index in [0.717, 1.165) is 0 Å². The first kappa shape index (κ1) is 22.6. The molecule has 0 amide bonds. The Bertz CT molecular complexity index is 40.5. The van der Waals surface area contributed by atoms with Crippen molar-refractivity contribution in [3.05, 3.63) is 0 Å². The second kappa shape index (κ2) is 44.8. The Morgan fingerprint density at radius 3 is 0.700 bits per heavy atom. The molecule has 0 aromatic heterocycles. The van der Waals surface area contributed by atoms with Crippen LogP contribution in [0.1, 0.15) is 0 Å². The number of hydrogen-bond donors (Lipinski definition) is 0. The van der Waals surface area contributed by atoms with Crippen LogP contribution in [0.3, 0.4) is 0 Å². The van der Waals surface area contributed by atoms with E-state index in [2.05, 4.69) is 79.1 Å². The van der Waals surface area contributed by atoms with Crippen LogP contribution in [0.5, 0.6) is 0 Å². The van der Waals surface area contributed by atoms with Crippen LogP contribution in [0.2, 0.25) is 0 Å². The molecule has 0 saturated carbocycles. The van der Waals surface area contributed by atoms with Gasteiger partial charge in [-0.05, 0) is 0 Å². The maximum absolute atomic E-state index is 7.50. The molecule has 10 heavy (non-hydrogen) atoms. The summed E-state index contributed by atoms with van der Waals surface area (Å²) in [6, 6.07) is 0. The van der Waals surface area contributed by atoms with Gasteiger partial charge >= 0.3 is 64.5 Å². The zero-order valence-corrected chi connectivity index (χ0v) is 13.1. The molecule has 0 unspecified atom stereocenters.